The number of ether oxygens (including phenoxy) is 1. The van der Waals surface area contributed by atoms with Gasteiger partial charge in [-0.2, -0.15) is 0 Å². The summed E-state index contributed by atoms with van der Waals surface area (Å²) in [5, 5.41) is 16.8. The van der Waals surface area contributed by atoms with Crippen LogP contribution in [0, 0.1) is 5.92 Å². The van der Waals surface area contributed by atoms with Gasteiger partial charge in [-0.3, -0.25) is 9.69 Å². The van der Waals surface area contributed by atoms with Crippen LogP contribution in [-0.4, -0.2) is 41.7 Å². The lowest BCUT2D eigenvalue weighted by Gasteiger charge is -2.52. The largest absolute Gasteiger partial charge is 0.496 e. The SMILES string of the molecule is COc1ccccc1[C@@H]1[C@@H]2CCCC[C@]2(O)CCN1CC(=O)Nc1cccc2ccccc12. The van der Waals surface area contributed by atoms with Gasteiger partial charge in [0.15, 0.2) is 0 Å². The Labute approximate surface area is 195 Å². The number of nitrogens with zero attached hydrogens (tertiary/aromatic N) is 1. The van der Waals surface area contributed by atoms with E-state index < -0.39 is 5.60 Å². The fraction of sp³-hybridized carbons (Fsp3) is 0.393. The number of likely N-dealkylation sites (tertiary alicyclic amines) is 1. The molecule has 1 aliphatic carbocycles. The highest BCUT2D eigenvalue weighted by Crippen LogP contribution is 2.50. The van der Waals surface area contributed by atoms with Gasteiger partial charge in [0.2, 0.25) is 5.91 Å². The van der Waals surface area contributed by atoms with Crippen molar-refractivity contribution >= 4 is 22.4 Å². The molecule has 3 aromatic carbocycles. The molecular weight excluding hydrogens is 412 g/mol. The fourth-order valence-corrected chi connectivity index (χ4v) is 5.95. The number of fused-ring (bicyclic) bond motifs is 2. The van der Waals surface area contributed by atoms with Crippen molar-refractivity contribution in [2.45, 2.75) is 43.7 Å². The summed E-state index contributed by atoms with van der Waals surface area (Å²) < 4.78 is 5.70. The molecule has 0 spiro atoms. The molecule has 0 unspecified atom stereocenters. The zero-order valence-electron chi connectivity index (χ0n) is 19.2. The van der Waals surface area contributed by atoms with Crippen molar-refractivity contribution in [2.75, 3.05) is 25.5 Å². The molecule has 1 amide bonds. The normalized spacial score (nSPS) is 25.4. The molecule has 3 atom stereocenters. The summed E-state index contributed by atoms with van der Waals surface area (Å²) >= 11 is 0. The van der Waals surface area contributed by atoms with Crippen molar-refractivity contribution < 1.29 is 14.6 Å². The Morgan fingerprint density at radius 1 is 1.06 bits per heavy atom. The van der Waals surface area contributed by atoms with Crippen LogP contribution in [0.1, 0.15) is 43.7 Å². The van der Waals surface area contributed by atoms with Gasteiger partial charge in [-0.15, -0.1) is 0 Å². The molecule has 1 aliphatic heterocycles. The van der Waals surface area contributed by atoms with Crippen LogP contribution in [0.2, 0.25) is 0 Å². The van der Waals surface area contributed by atoms with E-state index in [1.54, 1.807) is 7.11 Å². The summed E-state index contributed by atoms with van der Waals surface area (Å²) in [6.45, 7) is 0.956. The van der Waals surface area contributed by atoms with Gasteiger partial charge in [-0.1, -0.05) is 67.4 Å². The second kappa shape index (κ2) is 9.16. The Hall–Kier alpha value is -2.89. The standard InChI is InChI=1S/C28H32N2O3/c1-33-25-15-5-4-12-22(25)27-23-13-6-7-16-28(23,32)17-18-30(27)19-26(31)29-24-14-8-10-20-9-2-3-11-21(20)24/h2-5,8-12,14-15,23,27,32H,6-7,13,16-19H2,1H3,(H,29,31)/t23-,27+,28-/m0/s1. The molecule has 0 aromatic heterocycles. The third-order valence-electron chi connectivity index (χ3n) is 7.54. The quantitative estimate of drug-likeness (QED) is 0.571. The van der Waals surface area contributed by atoms with Crippen LogP contribution in [0.5, 0.6) is 5.75 Å². The van der Waals surface area contributed by atoms with Crippen molar-refractivity contribution in [2.24, 2.45) is 5.92 Å². The first-order valence-corrected chi connectivity index (χ1v) is 12.0. The maximum atomic E-state index is 13.2. The van der Waals surface area contributed by atoms with Crippen LogP contribution in [0.4, 0.5) is 5.69 Å². The van der Waals surface area contributed by atoms with E-state index in [0.29, 0.717) is 13.0 Å². The first kappa shape index (κ1) is 21.9. The number of carbonyl (C=O) groups excluding carboxylic acids is 1. The number of benzene rings is 3. The van der Waals surface area contributed by atoms with E-state index in [0.717, 1.165) is 53.5 Å². The molecule has 0 bridgehead atoms. The maximum Gasteiger partial charge on any atom is 0.238 e. The van der Waals surface area contributed by atoms with E-state index in [1.807, 2.05) is 48.5 Å². The van der Waals surface area contributed by atoms with Gasteiger partial charge < -0.3 is 15.2 Å². The minimum absolute atomic E-state index is 0.0347. The van der Waals surface area contributed by atoms with E-state index in [9.17, 15) is 9.90 Å². The summed E-state index contributed by atoms with van der Waals surface area (Å²) in [6.07, 6.45) is 4.66. The number of piperidine rings is 1. The maximum absolute atomic E-state index is 13.2. The van der Waals surface area contributed by atoms with Crippen LogP contribution in [0.15, 0.2) is 66.7 Å². The van der Waals surface area contributed by atoms with Gasteiger partial charge in [0.25, 0.3) is 0 Å². The lowest BCUT2D eigenvalue weighted by Crippen LogP contribution is -2.56. The van der Waals surface area contributed by atoms with Crippen molar-refractivity contribution in [1.82, 2.24) is 4.90 Å². The average Bonchev–Trinajstić information content (AvgIpc) is 2.84. The molecule has 2 aliphatic rings. The molecule has 2 fully saturated rings. The Bertz CT molecular complexity index is 1140. The van der Waals surface area contributed by atoms with E-state index in [2.05, 4.69) is 28.4 Å². The number of rotatable bonds is 5. The Morgan fingerprint density at radius 3 is 2.73 bits per heavy atom. The smallest absolute Gasteiger partial charge is 0.238 e. The summed E-state index contributed by atoms with van der Waals surface area (Å²) in [5.41, 5.74) is 1.22. The molecule has 1 heterocycles. The van der Waals surface area contributed by atoms with Gasteiger partial charge in [0.1, 0.15) is 5.75 Å². The molecule has 1 saturated heterocycles. The average molecular weight is 445 g/mol. The molecule has 5 heteroatoms. The number of methoxy groups -OCH3 is 1. The van der Waals surface area contributed by atoms with Crippen LogP contribution in [0.25, 0.3) is 10.8 Å². The topological polar surface area (TPSA) is 61.8 Å². The van der Waals surface area contributed by atoms with E-state index >= 15 is 0 Å². The summed E-state index contributed by atoms with van der Waals surface area (Å²) in [4.78, 5) is 15.5. The zero-order chi connectivity index (χ0) is 22.8. The number of hydrogen-bond donors (Lipinski definition) is 2. The van der Waals surface area contributed by atoms with Gasteiger partial charge in [0, 0.05) is 35.1 Å². The molecule has 2 N–H and O–H groups in total. The van der Waals surface area contributed by atoms with E-state index in [1.165, 1.54) is 0 Å². The van der Waals surface area contributed by atoms with Gasteiger partial charge >= 0.3 is 0 Å². The Balaban J connectivity index is 1.43. The lowest BCUT2D eigenvalue weighted by atomic mass is 9.66. The molecule has 33 heavy (non-hydrogen) atoms. The zero-order valence-corrected chi connectivity index (χ0v) is 19.2. The minimum Gasteiger partial charge on any atom is -0.496 e. The van der Waals surface area contributed by atoms with Crippen LogP contribution < -0.4 is 10.1 Å². The first-order valence-electron chi connectivity index (χ1n) is 12.0. The molecule has 1 saturated carbocycles. The van der Waals surface area contributed by atoms with Gasteiger partial charge in [0.05, 0.1) is 19.3 Å². The molecule has 3 aromatic rings. The van der Waals surface area contributed by atoms with E-state index in [-0.39, 0.29) is 24.4 Å². The van der Waals surface area contributed by atoms with Crippen LogP contribution in [0.3, 0.4) is 0 Å². The number of nitrogens with one attached hydrogen (secondary N) is 1. The monoisotopic (exact) mass is 444 g/mol. The van der Waals surface area contributed by atoms with Crippen molar-refractivity contribution in [1.29, 1.82) is 0 Å². The van der Waals surface area contributed by atoms with Gasteiger partial charge in [-0.25, -0.2) is 0 Å². The third-order valence-corrected chi connectivity index (χ3v) is 7.54. The predicted octanol–water partition coefficient (Wildman–Crippen LogP) is 5.16. The Kier molecular flexibility index (Phi) is 6.09. The second-order valence-electron chi connectivity index (χ2n) is 9.44. The highest BCUT2D eigenvalue weighted by Gasteiger charge is 2.49. The van der Waals surface area contributed by atoms with Crippen molar-refractivity contribution in [3.8, 4) is 5.75 Å². The van der Waals surface area contributed by atoms with Crippen molar-refractivity contribution in [3.05, 3.63) is 72.3 Å². The highest BCUT2D eigenvalue weighted by molar-refractivity contribution is 6.02. The van der Waals surface area contributed by atoms with Crippen LogP contribution in [-0.2, 0) is 4.79 Å². The second-order valence-corrected chi connectivity index (χ2v) is 9.44. The Morgan fingerprint density at radius 2 is 1.85 bits per heavy atom. The van der Waals surface area contributed by atoms with Crippen molar-refractivity contribution in [3.63, 3.8) is 0 Å². The molecule has 172 valence electrons. The van der Waals surface area contributed by atoms with Gasteiger partial charge in [-0.05, 0) is 36.8 Å². The first-order chi connectivity index (χ1) is 16.1. The minimum atomic E-state index is -0.674. The summed E-state index contributed by atoms with van der Waals surface area (Å²) in [6, 6.07) is 22.0. The number of anilines is 1. The third kappa shape index (κ3) is 4.23. The fourth-order valence-electron chi connectivity index (χ4n) is 5.95. The highest BCUT2D eigenvalue weighted by atomic mass is 16.5. The predicted molar refractivity (Wildman–Crippen MR) is 131 cm³/mol. The molecule has 0 radical (unpaired) electrons. The number of para-hydroxylation sites is 1. The number of hydrogen-bond acceptors (Lipinski definition) is 4. The molecule has 5 rings (SSSR count). The number of aliphatic hydroxyl groups is 1. The number of amides is 1. The summed E-state index contributed by atoms with van der Waals surface area (Å²) in [7, 11) is 1.69. The molecule has 5 nitrogen and oxygen atoms in total. The lowest BCUT2D eigenvalue weighted by molar-refractivity contribution is -0.135. The van der Waals surface area contributed by atoms with E-state index in [4.69, 9.17) is 4.74 Å². The summed E-state index contributed by atoms with van der Waals surface area (Å²) in [5.74, 6) is 0.867. The van der Waals surface area contributed by atoms with Crippen LogP contribution >= 0.6 is 0 Å². The number of carbonyl (C=O) groups is 1. The molecular formula is C28H32N2O3.